The Morgan fingerprint density at radius 1 is 1.11 bits per heavy atom. The number of carbonyl (C=O) groups is 1. The van der Waals surface area contributed by atoms with E-state index in [2.05, 4.69) is 49.5 Å². The van der Waals surface area contributed by atoms with Gasteiger partial charge >= 0.3 is 6.03 Å². The first-order valence-electron chi connectivity index (χ1n) is 9.15. The van der Waals surface area contributed by atoms with Crippen LogP contribution in [0.25, 0.3) is 0 Å². The molecule has 0 saturated carbocycles. The van der Waals surface area contributed by atoms with Gasteiger partial charge in [0.1, 0.15) is 0 Å². The average molecular weight is 361 g/mol. The van der Waals surface area contributed by atoms with Crippen LogP contribution in [0.5, 0.6) is 0 Å². The van der Waals surface area contributed by atoms with Gasteiger partial charge < -0.3 is 15.2 Å². The van der Waals surface area contributed by atoms with Crippen molar-refractivity contribution in [3.8, 4) is 0 Å². The van der Waals surface area contributed by atoms with Crippen LogP contribution in [0.3, 0.4) is 0 Å². The maximum Gasteiger partial charge on any atom is 0.319 e. The van der Waals surface area contributed by atoms with E-state index in [1.165, 1.54) is 11.3 Å². The molecular formula is C21H23N5O. The van der Waals surface area contributed by atoms with Crippen LogP contribution in [0, 0.1) is 0 Å². The lowest BCUT2D eigenvalue weighted by Crippen LogP contribution is -2.49. The summed E-state index contributed by atoms with van der Waals surface area (Å²) in [4.78, 5) is 18.9. The molecular weight excluding hydrogens is 338 g/mol. The quantitative estimate of drug-likeness (QED) is 0.734. The van der Waals surface area contributed by atoms with Gasteiger partial charge in [0.2, 0.25) is 0 Å². The lowest BCUT2D eigenvalue weighted by atomic mass is 10.1. The van der Waals surface area contributed by atoms with Gasteiger partial charge in [0, 0.05) is 62.2 Å². The number of hydrogen-bond acceptors (Lipinski definition) is 3. The van der Waals surface area contributed by atoms with Gasteiger partial charge in [-0.2, -0.15) is 0 Å². The lowest BCUT2D eigenvalue weighted by Gasteiger charge is -2.37. The standard InChI is InChI=1S/C21H23N5O/c27-21(24-18-7-2-1-3-8-18)23-13-20-16-25-11-5-9-19(25)15-26(20)14-17-6-4-10-22-12-17/h1-12,20H,13-16H2,(H2,23,24,27). The van der Waals surface area contributed by atoms with Gasteiger partial charge in [-0.05, 0) is 35.9 Å². The molecule has 0 radical (unpaired) electrons. The van der Waals surface area contributed by atoms with Crippen LogP contribution in [0.2, 0.25) is 0 Å². The van der Waals surface area contributed by atoms with Crippen LogP contribution in [0.4, 0.5) is 10.5 Å². The van der Waals surface area contributed by atoms with E-state index < -0.39 is 0 Å². The summed E-state index contributed by atoms with van der Waals surface area (Å²) in [6.07, 6.45) is 5.80. The molecule has 0 fully saturated rings. The minimum atomic E-state index is -0.180. The number of nitrogens with one attached hydrogen (secondary N) is 2. The van der Waals surface area contributed by atoms with E-state index in [-0.39, 0.29) is 12.1 Å². The van der Waals surface area contributed by atoms with E-state index in [4.69, 9.17) is 0 Å². The van der Waals surface area contributed by atoms with Crippen molar-refractivity contribution in [2.45, 2.75) is 25.7 Å². The van der Waals surface area contributed by atoms with Gasteiger partial charge in [-0.15, -0.1) is 0 Å². The van der Waals surface area contributed by atoms with E-state index in [1.54, 1.807) is 6.20 Å². The molecule has 1 aliphatic heterocycles. The molecule has 0 saturated heterocycles. The zero-order chi connectivity index (χ0) is 18.5. The molecule has 1 aliphatic rings. The second-order valence-corrected chi connectivity index (χ2v) is 6.77. The number of anilines is 1. The Hall–Kier alpha value is -3.12. The summed E-state index contributed by atoms with van der Waals surface area (Å²) in [7, 11) is 0. The number of aromatic nitrogens is 2. The van der Waals surface area contributed by atoms with Crippen LogP contribution in [-0.2, 0) is 19.6 Å². The molecule has 1 unspecified atom stereocenters. The summed E-state index contributed by atoms with van der Waals surface area (Å²) in [5.41, 5.74) is 3.26. The van der Waals surface area contributed by atoms with Crippen molar-refractivity contribution in [1.82, 2.24) is 19.8 Å². The summed E-state index contributed by atoms with van der Waals surface area (Å²) in [5, 5.41) is 5.89. The number of amides is 2. The summed E-state index contributed by atoms with van der Waals surface area (Å²) in [6, 6.07) is 17.8. The topological polar surface area (TPSA) is 62.2 Å². The average Bonchev–Trinajstić information content (AvgIpc) is 3.15. The summed E-state index contributed by atoms with van der Waals surface area (Å²) >= 11 is 0. The first kappa shape index (κ1) is 17.3. The van der Waals surface area contributed by atoms with Crippen molar-refractivity contribution in [2.24, 2.45) is 0 Å². The fraction of sp³-hybridized carbons (Fsp3) is 0.238. The highest BCUT2D eigenvalue weighted by Crippen LogP contribution is 2.20. The maximum absolute atomic E-state index is 12.3. The number of rotatable bonds is 5. The molecule has 0 bridgehead atoms. The normalized spacial score (nSPS) is 16.5. The van der Waals surface area contributed by atoms with Crippen LogP contribution >= 0.6 is 0 Å². The van der Waals surface area contributed by atoms with Crippen molar-refractivity contribution in [1.29, 1.82) is 0 Å². The third-order valence-corrected chi connectivity index (χ3v) is 4.85. The zero-order valence-electron chi connectivity index (χ0n) is 15.1. The summed E-state index contributed by atoms with van der Waals surface area (Å²) in [5.74, 6) is 0. The number of fused-ring (bicyclic) bond motifs is 1. The van der Waals surface area contributed by atoms with Crippen molar-refractivity contribution in [2.75, 3.05) is 11.9 Å². The minimum Gasteiger partial charge on any atom is -0.349 e. The highest BCUT2D eigenvalue weighted by atomic mass is 16.2. The molecule has 2 amide bonds. The lowest BCUT2D eigenvalue weighted by molar-refractivity contribution is 0.130. The molecule has 1 atom stereocenters. The Kier molecular flexibility index (Phi) is 5.16. The van der Waals surface area contributed by atoms with E-state index in [0.29, 0.717) is 6.54 Å². The van der Waals surface area contributed by atoms with Crippen LogP contribution < -0.4 is 10.6 Å². The van der Waals surface area contributed by atoms with Gasteiger partial charge in [0.15, 0.2) is 0 Å². The van der Waals surface area contributed by atoms with E-state index in [0.717, 1.165) is 25.3 Å². The molecule has 2 N–H and O–H groups in total. The Morgan fingerprint density at radius 3 is 2.81 bits per heavy atom. The van der Waals surface area contributed by atoms with Gasteiger partial charge in [-0.25, -0.2) is 4.79 Å². The second kappa shape index (κ2) is 8.05. The molecule has 6 heteroatoms. The largest absolute Gasteiger partial charge is 0.349 e. The minimum absolute atomic E-state index is 0.180. The second-order valence-electron chi connectivity index (χ2n) is 6.77. The Morgan fingerprint density at radius 2 is 2.00 bits per heavy atom. The molecule has 1 aromatic carbocycles. The van der Waals surface area contributed by atoms with Crippen molar-refractivity contribution in [3.05, 3.63) is 84.4 Å². The van der Waals surface area contributed by atoms with Gasteiger partial charge in [0.25, 0.3) is 0 Å². The monoisotopic (exact) mass is 361 g/mol. The highest BCUT2D eigenvalue weighted by Gasteiger charge is 2.26. The Bertz CT molecular complexity index is 878. The predicted molar refractivity (Wildman–Crippen MR) is 105 cm³/mol. The van der Waals surface area contributed by atoms with E-state index >= 15 is 0 Å². The molecule has 4 rings (SSSR count). The van der Waals surface area contributed by atoms with Gasteiger partial charge in [-0.1, -0.05) is 24.3 Å². The molecule has 6 nitrogen and oxygen atoms in total. The Labute approximate surface area is 158 Å². The SMILES string of the molecule is O=C(NCC1Cn2cccc2CN1Cc1cccnc1)Nc1ccccc1. The summed E-state index contributed by atoms with van der Waals surface area (Å²) < 4.78 is 2.27. The number of hydrogen-bond donors (Lipinski definition) is 2. The van der Waals surface area contributed by atoms with Crippen LogP contribution in [-0.4, -0.2) is 33.1 Å². The van der Waals surface area contributed by atoms with Crippen molar-refractivity contribution >= 4 is 11.7 Å². The first-order valence-corrected chi connectivity index (χ1v) is 9.15. The fourth-order valence-electron chi connectivity index (χ4n) is 3.46. The first-order chi connectivity index (χ1) is 13.3. The molecule has 0 spiro atoms. The highest BCUT2D eigenvalue weighted by molar-refractivity contribution is 5.89. The fourth-order valence-corrected chi connectivity index (χ4v) is 3.46. The molecule has 2 aromatic heterocycles. The van der Waals surface area contributed by atoms with E-state index in [1.807, 2.05) is 42.6 Å². The molecule has 138 valence electrons. The van der Waals surface area contributed by atoms with Gasteiger partial charge in [0.05, 0.1) is 0 Å². The van der Waals surface area contributed by atoms with Crippen molar-refractivity contribution < 1.29 is 4.79 Å². The van der Waals surface area contributed by atoms with Crippen molar-refractivity contribution in [3.63, 3.8) is 0 Å². The van der Waals surface area contributed by atoms with E-state index in [9.17, 15) is 4.79 Å². The number of nitrogens with zero attached hydrogens (tertiary/aromatic N) is 3. The maximum atomic E-state index is 12.3. The molecule has 3 heterocycles. The van der Waals surface area contributed by atoms with Gasteiger partial charge in [-0.3, -0.25) is 9.88 Å². The third kappa shape index (κ3) is 4.35. The number of benzene rings is 1. The third-order valence-electron chi connectivity index (χ3n) is 4.85. The summed E-state index contributed by atoms with van der Waals surface area (Å²) in [6.45, 7) is 3.10. The smallest absolute Gasteiger partial charge is 0.319 e. The molecule has 3 aromatic rings. The molecule has 27 heavy (non-hydrogen) atoms. The van der Waals surface area contributed by atoms with Crippen LogP contribution in [0.1, 0.15) is 11.3 Å². The number of carbonyl (C=O) groups excluding carboxylic acids is 1. The van der Waals surface area contributed by atoms with Crippen LogP contribution in [0.15, 0.2) is 73.2 Å². The predicted octanol–water partition coefficient (Wildman–Crippen LogP) is 3.09. The number of urea groups is 1. The number of para-hydroxylation sites is 1. The molecule has 0 aliphatic carbocycles. The Balaban J connectivity index is 1.41. The number of pyridine rings is 1. The zero-order valence-corrected chi connectivity index (χ0v) is 15.1.